The molecule has 0 bridgehead atoms. The summed E-state index contributed by atoms with van der Waals surface area (Å²) in [6.07, 6.45) is 10.1. The number of pyridine rings is 1. The number of methoxy groups -OCH3 is 1. The lowest BCUT2D eigenvalue weighted by molar-refractivity contribution is 0.0680. The van der Waals surface area contributed by atoms with Crippen molar-refractivity contribution in [3.63, 3.8) is 0 Å². The molecular weight excluding hydrogens is 438 g/mol. The first-order chi connectivity index (χ1) is 15.9. The number of benzene rings is 1. The smallest absolute Gasteiger partial charge is 0.254 e. The van der Waals surface area contributed by atoms with Crippen molar-refractivity contribution in [3.05, 3.63) is 53.9 Å². The Bertz CT molecular complexity index is 1070. The number of likely N-dealkylation sites (tertiary alicyclic amines) is 1. The molecule has 0 saturated carbocycles. The molecule has 4 rings (SSSR count). The standard InChI is InChI=1S/C25H33N3O4S/c1-19-8-5-7-17-28(19)33(30,31)24-18-21(10-11-23(24)32-2)25(29)27-16-6-3-4-9-22(27)20-12-14-26-15-13-20/h10-15,18-19,22H,3-9,16-17H2,1-2H3. The molecule has 178 valence electrons. The van der Waals surface area contributed by atoms with Gasteiger partial charge in [-0.3, -0.25) is 9.78 Å². The van der Waals surface area contributed by atoms with E-state index in [2.05, 4.69) is 4.98 Å². The van der Waals surface area contributed by atoms with Crippen molar-refractivity contribution in [2.45, 2.75) is 68.8 Å². The van der Waals surface area contributed by atoms with Crippen LogP contribution in [0.25, 0.3) is 0 Å². The SMILES string of the molecule is COc1ccc(C(=O)N2CCCCCC2c2ccncc2)cc1S(=O)(=O)N1CCCCC1C. The third kappa shape index (κ3) is 4.92. The van der Waals surface area contributed by atoms with Crippen LogP contribution in [-0.4, -0.2) is 54.8 Å². The number of carbonyl (C=O) groups excluding carboxylic acids is 1. The monoisotopic (exact) mass is 471 g/mol. The van der Waals surface area contributed by atoms with Crippen LogP contribution in [0.4, 0.5) is 0 Å². The fourth-order valence-electron chi connectivity index (χ4n) is 5.02. The quantitative estimate of drug-likeness (QED) is 0.645. The second-order valence-corrected chi connectivity index (χ2v) is 10.8. The zero-order valence-electron chi connectivity index (χ0n) is 19.4. The average Bonchev–Trinajstić information content (AvgIpc) is 3.10. The molecule has 0 aliphatic carbocycles. The summed E-state index contributed by atoms with van der Waals surface area (Å²) in [6, 6.07) is 8.58. The fraction of sp³-hybridized carbons (Fsp3) is 0.520. The maximum absolute atomic E-state index is 13.7. The van der Waals surface area contributed by atoms with Gasteiger partial charge in [-0.05, 0) is 68.5 Å². The van der Waals surface area contributed by atoms with Crippen molar-refractivity contribution in [2.75, 3.05) is 20.2 Å². The summed E-state index contributed by atoms with van der Waals surface area (Å²) < 4.78 is 34.1. The Hall–Kier alpha value is -2.45. The number of rotatable bonds is 5. The van der Waals surface area contributed by atoms with E-state index in [4.69, 9.17) is 4.74 Å². The van der Waals surface area contributed by atoms with E-state index in [9.17, 15) is 13.2 Å². The van der Waals surface area contributed by atoms with E-state index in [1.54, 1.807) is 28.8 Å². The number of nitrogens with zero attached hydrogens (tertiary/aromatic N) is 3. The average molecular weight is 472 g/mol. The van der Waals surface area contributed by atoms with Crippen LogP contribution in [0.15, 0.2) is 47.6 Å². The third-order valence-corrected chi connectivity index (χ3v) is 8.88. The molecular formula is C25H33N3O4S. The van der Waals surface area contributed by atoms with E-state index in [-0.39, 0.29) is 28.6 Å². The van der Waals surface area contributed by atoms with E-state index in [1.807, 2.05) is 24.0 Å². The van der Waals surface area contributed by atoms with Crippen molar-refractivity contribution in [3.8, 4) is 5.75 Å². The van der Waals surface area contributed by atoms with E-state index in [1.165, 1.54) is 13.2 Å². The maximum atomic E-state index is 13.7. The largest absolute Gasteiger partial charge is 0.495 e. The number of sulfonamides is 1. The van der Waals surface area contributed by atoms with Gasteiger partial charge in [-0.2, -0.15) is 4.31 Å². The summed E-state index contributed by atoms with van der Waals surface area (Å²) in [5, 5.41) is 0. The van der Waals surface area contributed by atoms with Crippen LogP contribution < -0.4 is 4.74 Å². The van der Waals surface area contributed by atoms with Crippen LogP contribution in [0, 0.1) is 0 Å². The highest BCUT2D eigenvalue weighted by Gasteiger charge is 2.35. The van der Waals surface area contributed by atoms with E-state index >= 15 is 0 Å². The van der Waals surface area contributed by atoms with Gasteiger partial charge in [0.25, 0.3) is 5.91 Å². The molecule has 2 saturated heterocycles. The summed E-state index contributed by atoms with van der Waals surface area (Å²) in [7, 11) is -2.32. The Labute approximate surface area is 196 Å². The first-order valence-electron chi connectivity index (χ1n) is 11.8. The van der Waals surface area contributed by atoms with Gasteiger partial charge in [0.1, 0.15) is 10.6 Å². The number of piperidine rings is 1. The maximum Gasteiger partial charge on any atom is 0.254 e. The van der Waals surface area contributed by atoms with Gasteiger partial charge in [-0.1, -0.05) is 19.3 Å². The number of hydrogen-bond donors (Lipinski definition) is 0. The molecule has 2 atom stereocenters. The first kappa shape index (κ1) is 23.7. The third-order valence-electron chi connectivity index (χ3n) is 6.84. The Morgan fingerprint density at radius 2 is 1.73 bits per heavy atom. The molecule has 0 radical (unpaired) electrons. The molecule has 2 aliphatic rings. The Morgan fingerprint density at radius 3 is 2.45 bits per heavy atom. The minimum absolute atomic E-state index is 0.0488. The fourth-order valence-corrected chi connectivity index (χ4v) is 6.90. The van der Waals surface area contributed by atoms with E-state index < -0.39 is 10.0 Å². The molecule has 1 amide bonds. The van der Waals surface area contributed by atoms with Gasteiger partial charge in [-0.25, -0.2) is 8.42 Å². The molecule has 7 nitrogen and oxygen atoms in total. The van der Waals surface area contributed by atoms with Gasteiger partial charge in [-0.15, -0.1) is 0 Å². The normalized spacial score (nSPS) is 22.5. The Kier molecular flexibility index (Phi) is 7.34. The van der Waals surface area contributed by atoms with Gasteiger partial charge in [0.2, 0.25) is 10.0 Å². The van der Waals surface area contributed by atoms with Crippen molar-refractivity contribution in [2.24, 2.45) is 0 Å². The summed E-state index contributed by atoms with van der Waals surface area (Å²) in [5.74, 6) is 0.121. The molecule has 1 aromatic heterocycles. The highest BCUT2D eigenvalue weighted by atomic mass is 32.2. The summed E-state index contributed by atoms with van der Waals surface area (Å²) in [4.78, 5) is 19.8. The molecule has 1 aromatic carbocycles. The molecule has 2 aromatic rings. The molecule has 2 fully saturated rings. The summed E-state index contributed by atoms with van der Waals surface area (Å²) in [5.41, 5.74) is 1.43. The zero-order chi connectivity index (χ0) is 23.4. The molecule has 8 heteroatoms. The molecule has 0 N–H and O–H groups in total. The van der Waals surface area contributed by atoms with Crippen LogP contribution in [0.5, 0.6) is 5.75 Å². The van der Waals surface area contributed by atoms with E-state index in [0.29, 0.717) is 18.7 Å². The summed E-state index contributed by atoms with van der Waals surface area (Å²) >= 11 is 0. The Balaban J connectivity index is 1.70. The van der Waals surface area contributed by atoms with Crippen LogP contribution in [-0.2, 0) is 10.0 Å². The zero-order valence-corrected chi connectivity index (χ0v) is 20.3. The second-order valence-electron chi connectivity index (χ2n) is 8.97. The van der Waals surface area contributed by atoms with Crippen molar-refractivity contribution in [1.82, 2.24) is 14.2 Å². The Morgan fingerprint density at radius 1 is 1.00 bits per heavy atom. The summed E-state index contributed by atoms with van der Waals surface area (Å²) in [6.45, 7) is 3.07. The number of carbonyl (C=O) groups is 1. The number of amides is 1. The van der Waals surface area contributed by atoms with Crippen molar-refractivity contribution < 1.29 is 17.9 Å². The lowest BCUT2D eigenvalue weighted by Gasteiger charge is -2.33. The molecule has 0 spiro atoms. The van der Waals surface area contributed by atoms with Crippen molar-refractivity contribution in [1.29, 1.82) is 0 Å². The lowest BCUT2D eigenvalue weighted by Crippen LogP contribution is -2.42. The molecule has 3 heterocycles. The first-order valence-corrected chi connectivity index (χ1v) is 13.3. The van der Waals surface area contributed by atoms with Crippen LogP contribution in [0.1, 0.15) is 73.8 Å². The van der Waals surface area contributed by atoms with Crippen molar-refractivity contribution >= 4 is 15.9 Å². The minimum Gasteiger partial charge on any atom is -0.495 e. The van der Waals surface area contributed by atoms with Crippen LogP contribution in [0.3, 0.4) is 0 Å². The van der Waals surface area contributed by atoms with Gasteiger partial charge in [0, 0.05) is 37.1 Å². The van der Waals surface area contributed by atoms with Crippen LogP contribution >= 0.6 is 0 Å². The van der Waals surface area contributed by atoms with Gasteiger partial charge in [0.15, 0.2) is 0 Å². The number of ether oxygens (including phenoxy) is 1. The van der Waals surface area contributed by atoms with Gasteiger partial charge in [0.05, 0.1) is 13.2 Å². The van der Waals surface area contributed by atoms with Crippen LogP contribution in [0.2, 0.25) is 0 Å². The highest BCUT2D eigenvalue weighted by Crippen LogP contribution is 2.34. The topological polar surface area (TPSA) is 79.8 Å². The number of hydrogen-bond acceptors (Lipinski definition) is 5. The number of aromatic nitrogens is 1. The van der Waals surface area contributed by atoms with Gasteiger partial charge >= 0.3 is 0 Å². The van der Waals surface area contributed by atoms with Gasteiger partial charge < -0.3 is 9.64 Å². The predicted molar refractivity (Wildman–Crippen MR) is 127 cm³/mol. The minimum atomic E-state index is -3.78. The predicted octanol–water partition coefficient (Wildman–Crippen LogP) is 4.41. The molecule has 33 heavy (non-hydrogen) atoms. The molecule has 2 unspecified atom stereocenters. The second kappa shape index (κ2) is 10.2. The van der Waals surface area contributed by atoms with E-state index in [0.717, 1.165) is 50.5 Å². The molecule has 2 aliphatic heterocycles. The highest BCUT2D eigenvalue weighted by molar-refractivity contribution is 7.89. The lowest BCUT2D eigenvalue weighted by atomic mass is 10.0.